The van der Waals surface area contributed by atoms with Crippen molar-refractivity contribution in [1.29, 1.82) is 0 Å². The second-order valence-corrected chi connectivity index (χ2v) is 4.10. The first-order valence-corrected chi connectivity index (χ1v) is 5.65. The summed E-state index contributed by atoms with van der Waals surface area (Å²) < 4.78 is 26.6. The number of benzene rings is 1. The molecule has 1 heterocycles. The maximum Gasteiger partial charge on any atom is 0.313 e. The van der Waals surface area contributed by atoms with Gasteiger partial charge < -0.3 is 5.11 Å². The van der Waals surface area contributed by atoms with Crippen molar-refractivity contribution in [2.24, 2.45) is 0 Å². The topological polar surface area (TPSA) is 50.2 Å². The number of carboxylic acids is 1. The van der Waals surface area contributed by atoms with Gasteiger partial charge in [0.1, 0.15) is 17.6 Å². The van der Waals surface area contributed by atoms with Gasteiger partial charge in [-0.05, 0) is 36.2 Å². The highest BCUT2D eigenvalue weighted by atomic mass is 19.1. The molecule has 0 aliphatic carbocycles. The standard InChI is InChI=1S/C14H11F2NO2/c15-10-4-1-3-9(7-10)8-11(14(18)19)13-12(16)5-2-6-17-13/h1-7,11H,8H2,(H,18,19). The number of carbonyl (C=O) groups is 1. The number of carboxylic acid groups (broad SMARTS) is 1. The molecule has 1 N–H and O–H groups in total. The van der Waals surface area contributed by atoms with Crippen LogP contribution in [0, 0.1) is 11.6 Å². The monoisotopic (exact) mass is 263 g/mol. The normalized spacial score (nSPS) is 12.1. The largest absolute Gasteiger partial charge is 0.481 e. The van der Waals surface area contributed by atoms with Crippen LogP contribution in [0.5, 0.6) is 0 Å². The van der Waals surface area contributed by atoms with Gasteiger partial charge in [-0.1, -0.05) is 12.1 Å². The fourth-order valence-corrected chi connectivity index (χ4v) is 1.85. The lowest BCUT2D eigenvalue weighted by Crippen LogP contribution is -2.17. The van der Waals surface area contributed by atoms with Gasteiger partial charge in [-0.25, -0.2) is 8.78 Å². The number of hydrogen-bond donors (Lipinski definition) is 1. The van der Waals surface area contributed by atoms with Crippen molar-refractivity contribution < 1.29 is 18.7 Å². The van der Waals surface area contributed by atoms with Gasteiger partial charge in [-0.15, -0.1) is 0 Å². The number of aromatic nitrogens is 1. The molecule has 3 nitrogen and oxygen atoms in total. The highest BCUT2D eigenvalue weighted by Crippen LogP contribution is 2.22. The zero-order valence-electron chi connectivity index (χ0n) is 9.88. The van der Waals surface area contributed by atoms with E-state index >= 15 is 0 Å². The number of rotatable bonds is 4. The van der Waals surface area contributed by atoms with Gasteiger partial charge >= 0.3 is 5.97 Å². The van der Waals surface area contributed by atoms with Crippen LogP contribution >= 0.6 is 0 Å². The lowest BCUT2D eigenvalue weighted by Gasteiger charge is -2.12. The molecule has 0 bridgehead atoms. The lowest BCUT2D eigenvalue weighted by molar-refractivity contribution is -0.138. The Morgan fingerprint density at radius 2 is 2.05 bits per heavy atom. The van der Waals surface area contributed by atoms with Gasteiger partial charge in [-0.3, -0.25) is 9.78 Å². The molecule has 1 aromatic heterocycles. The van der Waals surface area contributed by atoms with Crippen molar-refractivity contribution in [3.63, 3.8) is 0 Å². The summed E-state index contributed by atoms with van der Waals surface area (Å²) in [5, 5.41) is 9.18. The molecule has 0 spiro atoms. The van der Waals surface area contributed by atoms with Crippen molar-refractivity contribution in [2.45, 2.75) is 12.3 Å². The van der Waals surface area contributed by atoms with E-state index in [0.29, 0.717) is 5.56 Å². The van der Waals surface area contributed by atoms with Gasteiger partial charge in [0.2, 0.25) is 0 Å². The van der Waals surface area contributed by atoms with Crippen LogP contribution < -0.4 is 0 Å². The van der Waals surface area contributed by atoms with Crippen LogP contribution in [0.3, 0.4) is 0 Å². The molecule has 19 heavy (non-hydrogen) atoms. The molecule has 2 rings (SSSR count). The Hall–Kier alpha value is -2.30. The summed E-state index contributed by atoms with van der Waals surface area (Å²) in [5.41, 5.74) is 0.344. The maximum atomic E-state index is 13.6. The third-order valence-corrected chi connectivity index (χ3v) is 2.74. The van der Waals surface area contributed by atoms with Crippen molar-refractivity contribution in [1.82, 2.24) is 4.98 Å². The minimum Gasteiger partial charge on any atom is -0.481 e. The summed E-state index contributed by atoms with van der Waals surface area (Å²) in [5.74, 6) is -3.46. The van der Waals surface area contributed by atoms with Crippen LogP contribution in [0.15, 0.2) is 42.6 Å². The van der Waals surface area contributed by atoms with Crippen LogP contribution in [0.1, 0.15) is 17.2 Å². The first-order valence-electron chi connectivity index (χ1n) is 5.65. The summed E-state index contributed by atoms with van der Waals surface area (Å²) in [6.45, 7) is 0. The van der Waals surface area contributed by atoms with E-state index in [9.17, 15) is 18.7 Å². The fourth-order valence-electron chi connectivity index (χ4n) is 1.85. The molecule has 98 valence electrons. The predicted molar refractivity (Wildman–Crippen MR) is 64.7 cm³/mol. The second-order valence-electron chi connectivity index (χ2n) is 4.10. The fraction of sp³-hybridized carbons (Fsp3) is 0.143. The number of halogens is 2. The van der Waals surface area contributed by atoms with Crippen LogP contribution in [-0.4, -0.2) is 16.1 Å². The third-order valence-electron chi connectivity index (χ3n) is 2.74. The SMILES string of the molecule is O=C(O)C(Cc1cccc(F)c1)c1ncccc1F. The van der Waals surface area contributed by atoms with E-state index < -0.39 is 23.5 Å². The molecule has 1 aromatic carbocycles. The minimum absolute atomic E-state index is 0.0129. The maximum absolute atomic E-state index is 13.6. The molecule has 0 amide bonds. The third kappa shape index (κ3) is 3.13. The summed E-state index contributed by atoms with van der Waals surface area (Å²) in [6.07, 6.45) is 1.32. The van der Waals surface area contributed by atoms with E-state index in [4.69, 9.17) is 0 Å². The molecule has 0 aliphatic heterocycles. The summed E-state index contributed by atoms with van der Waals surface area (Å²) >= 11 is 0. The number of pyridine rings is 1. The minimum atomic E-state index is -1.19. The summed E-state index contributed by atoms with van der Waals surface area (Å²) in [4.78, 5) is 15.0. The Balaban J connectivity index is 2.32. The van der Waals surface area contributed by atoms with Gasteiger partial charge in [0, 0.05) is 6.20 Å². The second kappa shape index (κ2) is 5.56. The number of nitrogens with zero attached hydrogens (tertiary/aromatic N) is 1. The van der Waals surface area contributed by atoms with Crippen LogP contribution in [0.4, 0.5) is 8.78 Å². The molecule has 1 unspecified atom stereocenters. The zero-order chi connectivity index (χ0) is 13.8. The molecule has 2 aromatic rings. The van der Waals surface area contributed by atoms with Crippen molar-refractivity contribution in [2.75, 3.05) is 0 Å². The summed E-state index contributed by atoms with van der Waals surface area (Å²) in [7, 11) is 0. The van der Waals surface area contributed by atoms with Crippen molar-refractivity contribution in [3.8, 4) is 0 Å². The Labute approximate surface area is 108 Å². The first kappa shape index (κ1) is 13.1. The van der Waals surface area contributed by atoms with Crippen molar-refractivity contribution >= 4 is 5.97 Å². The Morgan fingerprint density at radius 3 is 2.68 bits per heavy atom. The van der Waals surface area contributed by atoms with Crippen LogP contribution in [0.2, 0.25) is 0 Å². The lowest BCUT2D eigenvalue weighted by atomic mass is 9.95. The summed E-state index contributed by atoms with van der Waals surface area (Å²) in [6, 6.07) is 8.12. The molecular weight excluding hydrogens is 252 g/mol. The van der Waals surface area contributed by atoms with Gasteiger partial charge in [0.15, 0.2) is 0 Å². The van der Waals surface area contributed by atoms with Gasteiger partial charge in [0.25, 0.3) is 0 Å². The molecule has 0 fully saturated rings. The first-order chi connectivity index (χ1) is 9.08. The van der Waals surface area contributed by atoms with Gasteiger partial charge in [-0.2, -0.15) is 0 Å². The highest BCUT2D eigenvalue weighted by Gasteiger charge is 2.24. The zero-order valence-corrected chi connectivity index (χ0v) is 9.88. The Kier molecular flexibility index (Phi) is 3.85. The van der Waals surface area contributed by atoms with Crippen molar-refractivity contribution in [3.05, 3.63) is 65.5 Å². The Bertz CT molecular complexity index is 602. The van der Waals surface area contributed by atoms with E-state index in [-0.39, 0.29) is 12.1 Å². The number of aliphatic carboxylic acids is 1. The molecule has 1 atom stereocenters. The van der Waals surface area contributed by atoms with E-state index in [2.05, 4.69) is 4.98 Å². The molecule has 0 saturated carbocycles. The van der Waals surface area contributed by atoms with Crippen LogP contribution in [0.25, 0.3) is 0 Å². The van der Waals surface area contributed by atoms with Gasteiger partial charge in [0.05, 0.1) is 5.69 Å². The molecule has 0 radical (unpaired) electrons. The molecular formula is C14H11F2NO2. The van der Waals surface area contributed by atoms with E-state index in [1.54, 1.807) is 6.07 Å². The quantitative estimate of drug-likeness (QED) is 0.922. The predicted octanol–water partition coefficient (Wildman–Crippen LogP) is 2.77. The van der Waals surface area contributed by atoms with E-state index in [1.807, 2.05) is 0 Å². The highest BCUT2D eigenvalue weighted by molar-refractivity contribution is 5.76. The average molecular weight is 263 g/mol. The van der Waals surface area contributed by atoms with E-state index in [0.717, 1.165) is 6.07 Å². The molecule has 0 aliphatic rings. The van der Waals surface area contributed by atoms with Crippen LogP contribution in [-0.2, 0) is 11.2 Å². The average Bonchev–Trinajstić information content (AvgIpc) is 2.37. The smallest absolute Gasteiger partial charge is 0.313 e. The molecule has 5 heteroatoms. The Morgan fingerprint density at radius 1 is 1.26 bits per heavy atom. The number of hydrogen-bond acceptors (Lipinski definition) is 2. The van der Waals surface area contributed by atoms with E-state index in [1.165, 1.54) is 30.5 Å². The molecule has 0 saturated heterocycles.